The fraction of sp³-hybridized carbons (Fsp3) is 0.125. The standard InChI is InChI=1S/C8H5F3O.H2O/c9-7-3-1-2-6(4-7)8(10,11)5-12;/h1-5H;1H2. The van der Waals surface area contributed by atoms with Gasteiger partial charge < -0.3 is 5.48 Å². The Morgan fingerprint density at radius 1 is 1.31 bits per heavy atom. The molecule has 0 saturated carbocycles. The Bertz CT molecular complexity index is 299. The molecule has 0 heterocycles. The third-order valence-electron chi connectivity index (χ3n) is 1.36. The van der Waals surface area contributed by atoms with Crippen LogP contribution in [0.3, 0.4) is 0 Å². The van der Waals surface area contributed by atoms with Crippen molar-refractivity contribution in [2.45, 2.75) is 5.92 Å². The van der Waals surface area contributed by atoms with Crippen LogP contribution >= 0.6 is 0 Å². The van der Waals surface area contributed by atoms with Crippen LogP contribution < -0.4 is 0 Å². The van der Waals surface area contributed by atoms with Gasteiger partial charge in [0, 0.05) is 5.56 Å². The topological polar surface area (TPSA) is 48.6 Å². The fourth-order valence-electron chi connectivity index (χ4n) is 0.764. The molecule has 0 aliphatic carbocycles. The van der Waals surface area contributed by atoms with Crippen molar-refractivity contribution in [2.24, 2.45) is 0 Å². The first-order valence-electron chi connectivity index (χ1n) is 3.16. The maximum Gasteiger partial charge on any atom is 0.327 e. The molecule has 2 nitrogen and oxygen atoms in total. The smallest absolute Gasteiger partial charge is 0.327 e. The first-order valence-corrected chi connectivity index (χ1v) is 3.16. The van der Waals surface area contributed by atoms with Gasteiger partial charge in [-0.2, -0.15) is 8.78 Å². The molecule has 0 amide bonds. The summed E-state index contributed by atoms with van der Waals surface area (Å²) in [7, 11) is 0. The maximum absolute atomic E-state index is 12.5. The zero-order chi connectivity index (χ0) is 9.19. The lowest BCUT2D eigenvalue weighted by Crippen LogP contribution is -2.14. The van der Waals surface area contributed by atoms with Gasteiger partial charge in [-0.05, 0) is 12.1 Å². The van der Waals surface area contributed by atoms with Gasteiger partial charge in [0.05, 0.1) is 0 Å². The van der Waals surface area contributed by atoms with E-state index in [-0.39, 0.29) is 5.48 Å². The molecule has 0 aliphatic heterocycles. The molecule has 1 rings (SSSR count). The van der Waals surface area contributed by atoms with Crippen LogP contribution in [-0.2, 0) is 10.7 Å². The van der Waals surface area contributed by atoms with Gasteiger partial charge in [-0.3, -0.25) is 4.79 Å². The number of carbonyl (C=O) groups excluding carboxylic acids is 1. The lowest BCUT2D eigenvalue weighted by molar-refractivity contribution is -0.130. The normalized spacial score (nSPS) is 10.4. The summed E-state index contributed by atoms with van der Waals surface area (Å²) >= 11 is 0. The highest BCUT2D eigenvalue weighted by atomic mass is 19.3. The summed E-state index contributed by atoms with van der Waals surface area (Å²) in [6.45, 7) is 0. The van der Waals surface area contributed by atoms with Gasteiger partial charge in [0.15, 0.2) is 6.29 Å². The Labute approximate surface area is 72.3 Å². The van der Waals surface area contributed by atoms with Crippen LogP contribution in [0.5, 0.6) is 0 Å². The van der Waals surface area contributed by atoms with Crippen LogP contribution in [0.2, 0.25) is 0 Å². The van der Waals surface area contributed by atoms with E-state index in [1.54, 1.807) is 0 Å². The number of hydrogen-bond donors (Lipinski definition) is 0. The first kappa shape index (κ1) is 11.6. The van der Waals surface area contributed by atoms with Gasteiger partial charge in [-0.1, -0.05) is 12.1 Å². The van der Waals surface area contributed by atoms with Crippen LogP contribution in [0.15, 0.2) is 24.3 Å². The number of alkyl halides is 2. The molecule has 72 valence electrons. The van der Waals surface area contributed by atoms with E-state index < -0.39 is 23.6 Å². The largest absolute Gasteiger partial charge is 0.412 e. The molecular formula is C8H7F3O2. The molecule has 5 heteroatoms. The van der Waals surface area contributed by atoms with Crippen LogP contribution in [0.4, 0.5) is 13.2 Å². The van der Waals surface area contributed by atoms with Crippen molar-refractivity contribution in [2.75, 3.05) is 0 Å². The molecule has 1 aromatic carbocycles. The Morgan fingerprint density at radius 2 is 1.92 bits per heavy atom. The predicted octanol–water partition coefficient (Wildman–Crippen LogP) is 1.29. The molecule has 0 radical (unpaired) electrons. The minimum Gasteiger partial charge on any atom is -0.412 e. The lowest BCUT2D eigenvalue weighted by atomic mass is 10.1. The quantitative estimate of drug-likeness (QED) is 0.651. The van der Waals surface area contributed by atoms with Crippen LogP contribution in [-0.4, -0.2) is 11.8 Å². The molecule has 0 aliphatic rings. The highest BCUT2D eigenvalue weighted by molar-refractivity contribution is 5.63. The third kappa shape index (κ3) is 2.55. The Morgan fingerprint density at radius 3 is 2.38 bits per heavy atom. The monoisotopic (exact) mass is 192 g/mol. The van der Waals surface area contributed by atoms with Crippen molar-refractivity contribution in [3.8, 4) is 0 Å². The number of aldehydes is 1. The molecule has 0 aromatic heterocycles. The van der Waals surface area contributed by atoms with Gasteiger partial charge in [-0.25, -0.2) is 4.39 Å². The Balaban J connectivity index is 0.00000144. The molecule has 2 N–H and O–H groups in total. The summed E-state index contributed by atoms with van der Waals surface area (Å²) in [5.41, 5.74) is -0.627. The van der Waals surface area contributed by atoms with E-state index in [4.69, 9.17) is 0 Å². The molecule has 0 fully saturated rings. The van der Waals surface area contributed by atoms with Gasteiger partial charge in [-0.15, -0.1) is 0 Å². The number of carbonyl (C=O) groups is 1. The summed E-state index contributed by atoms with van der Waals surface area (Å²) in [4.78, 5) is 9.87. The van der Waals surface area contributed by atoms with Crippen LogP contribution in [0.25, 0.3) is 0 Å². The Hall–Kier alpha value is -1.36. The third-order valence-corrected chi connectivity index (χ3v) is 1.36. The van der Waals surface area contributed by atoms with Crippen molar-refractivity contribution in [3.63, 3.8) is 0 Å². The second-order valence-electron chi connectivity index (χ2n) is 2.25. The highest BCUT2D eigenvalue weighted by Crippen LogP contribution is 2.25. The van der Waals surface area contributed by atoms with E-state index in [9.17, 15) is 18.0 Å². The minimum atomic E-state index is -3.60. The van der Waals surface area contributed by atoms with Crippen molar-refractivity contribution in [3.05, 3.63) is 35.6 Å². The summed E-state index contributed by atoms with van der Waals surface area (Å²) in [5.74, 6) is -4.38. The second-order valence-corrected chi connectivity index (χ2v) is 2.25. The van der Waals surface area contributed by atoms with Gasteiger partial charge in [0.2, 0.25) is 0 Å². The molecule has 0 spiro atoms. The molecule has 0 saturated heterocycles. The minimum absolute atomic E-state index is 0. The van der Waals surface area contributed by atoms with E-state index in [0.717, 1.165) is 18.2 Å². The number of rotatable bonds is 2. The zero-order valence-corrected chi connectivity index (χ0v) is 6.43. The highest BCUT2D eigenvalue weighted by Gasteiger charge is 2.30. The predicted molar refractivity (Wildman–Crippen MR) is 40.0 cm³/mol. The van der Waals surface area contributed by atoms with Gasteiger partial charge in [0.25, 0.3) is 0 Å². The van der Waals surface area contributed by atoms with Crippen molar-refractivity contribution in [1.29, 1.82) is 0 Å². The molecular weight excluding hydrogens is 185 g/mol. The summed E-state index contributed by atoms with van der Waals surface area (Å²) in [6.07, 6.45) is -0.512. The van der Waals surface area contributed by atoms with Crippen molar-refractivity contribution < 1.29 is 23.4 Å². The molecule has 0 atom stereocenters. The zero-order valence-electron chi connectivity index (χ0n) is 6.43. The number of benzene rings is 1. The van der Waals surface area contributed by atoms with E-state index in [2.05, 4.69) is 0 Å². The molecule has 13 heavy (non-hydrogen) atoms. The van der Waals surface area contributed by atoms with Gasteiger partial charge in [0.1, 0.15) is 5.82 Å². The second kappa shape index (κ2) is 4.04. The maximum atomic E-state index is 12.5. The molecule has 0 unspecified atom stereocenters. The van der Waals surface area contributed by atoms with Crippen LogP contribution in [0.1, 0.15) is 5.56 Å². The Kier molecular flexibility index (Phi) is 3.62. The fourth-order valence-corrected chi connectivity index (χ4v) is 0.764. The average Bonchev–Trinajstić information content (AvgIpc) is 2.05. The van der Waals surface area contributed by atoms with E-state index in [1.807, 2.05) is 0 Å². The van der Waals surface area contributed by atoms with Crippen LogP contribution in [0, 0.1) is 5.82 Å². The van der Waals surface area contributed by atoms with E-state index in [1.165, 1.54) is 0 Å². The number of hydrogen-bond acceptors (Lipinski definition) is 1. The van der Waals surface area contributed by atoms with E-state index >= 15 is 0 Å². The summed E-state index contributed by atoms with van der Waals surface area (Å²) < 4.78 is 37.4. The average molecular weight is 192 g/mol. The lowest BCUT2D eigenvalue weighted by Gasteiger charge is -2.07. The number of halogens is 3. The molecule has 1 aromatic rings. The van der Waals surface area contributed by atoms with Crippen molar-refractivity contribution in [1.82, 2.24) is 0 Å². The van der Waals surface area contributed by atoms with Gasteiger partial charge >= 0.3 is 5.92 Å². The molecule has 0 bridgehead atoms. The first-order chi connectivity index (χ1) is 5.56. The SMILES string of the molecule is O.O=CC(F)(F)c1cccc(F)c1. The van der Waals surface area contributed by atoms with E-state index in [0.29, 0.717) is 6.07 Å². The summed E-state index contributed by atoms with van der Waals surface area (Å²) in [6, 6.07) is 3.79. The van der Waals surface area contributed by atoms with Crippen molar-refractivity contribution >= 4 is 6.29 Å². The summed E-state index contributed by atoms with van der Waals surface area (Å²) in [5, 5.41) is 0.